The van der Waals surface area contributed by atoms with Crippen molar-refractivity contribution in [1.29, 1.82) is 0 Å². The van der Waals surface area contributed by atoms with Crippen LogP contribution in [0.25, 0.3) is 33.5 Å². The van der Waals surface area contributed by atoms with Gasteiger partial charge in [0.2, 0.25) is 0 Å². The third-order valence-electron chi connectivity index (χ3n) is 5.30. The topological polar surface area (TPSA) is 81.5 Å². The number of hydrogen-bond acceptors (Lipinski definition) is 5. The monoisotopic (exact) mass is 396 g/mol. The number of rotatable bonds is 4. The van der Waals surface area contributed by atoms with E-state index >= 15 is 4.39 Å². The minimum Gasteiger partial charge on any atom is -0.381 e. The van der Waals surface area contributed by atoms with Crippen molar-refractivity contribution in [2.75, 3.05) is 13.7 Å². The highest BCUT2D eigenvalue weighted by molar-refractivity contribution is 5.97. The quantitative estimate of drug-likeness (QED) is 0.572. The van der Waals surface area contributed by atoms with Crippen LogP contribution in [0.1, 0.15) is 12.1 Å². The number of aromatic nitrogens is 6. The molecule has 5 heterocycles. The van der Waals surface area contributed by atoms with E-state index < -0.39 is 11.5 Å². The van der Waals surface area contributed by atoms with Crippen molar-refractivity contribution in [1.82, 2.24) is 29.9 Å². The van der Waals surface area contributed by atoms with Gasteiger partial charge in [0.05, 0.1) is 31.2 Å². The second kappa shape index (κ2) is 6.70. The van der Waals surface area contributed by atoms with Crippen LogP contribution in [0.3, 0.4) is 0 Å². The Bertz CT molecular complexity index is 1190. The lowest BCUT2D eigenvalue weighted by Gasteiger charge is -2.30. The molecule has 0 aromatic carbocycles. The highest BCUT2D eigenvalue weighted by atomic mass is 19.1. The first-order valence-electron chi connectivity index (χ1n) is 9.26. The molecule has 0 amide bonds. The van der Waals surface area contributed by atoms with Crippen LogP contribution < -0.4 is 0 Å². The predicted molar refractivity (Wildman–Crippen MR) is 102 cm³/mol. The number of ether oxygens (including phenoxy) is 1. The van der Waals surface area contributed by atoms with E-state index in [1.165, 1.54) is 13.2 Å². The predicted octanol–water partition coefficient (Wildman–Crippen LogP) is 3.32. The fourth-order valence-electron chi connectivity index (χ4n) is 4.00. The number of alkyl halides is 1. The van der Waals surface area contributed by atoms with Crippen molar-refractivity contribution in [2.24, 2.45) is 0 Å². The van der Waals surface area contributed by atoms with E-state index in [1.54, 1.807) is 23.1 Å². The molecule has 4 aromatic heterocycles. The third kappa shape index (κ3) is 2.98. The van der Waals surface area contributed by atoms with Crippen LogP contribution in [-0.2, 0) is 17.7 Å². The van der Waals surface area contributed by atoms with E-state index in [0.29, 0.717) is 29.9 Å². The molecule has 0 spiro atoms. The summed E-state index contributed by atoms with van der Waals surface area (Å²) in [5.41, 5.74) is 2.89. The van der Waals surface area contributed by atoms with Crippen LogP contribution in [0.4, 0.5) is 8.78 Å². The number of fused-ring (bicyclic) bond motifs is 2. The Morgan fingerprint density at radius 1 is 1.24 bits per heavy atom. The standard InChI is InChI=1S/C20H18F2N6O/c1-29-11-20(22)6-4-16-17(13-5-7-23-19-14(13)9-25-26-19)18(27-28(16)10-20)15-3-2-12(21)8-24-15/h2-3,5,7-9H,4,6,10-11H2,1H3,(H,23,25,26)/t20-/m0/s1. The molecule has 0 fully saturated rings. The molecule has 0 radical (unpaired) electrons. The maximum atomic E-state index is 15.2. The molecule has 5 rings (SSSR count). The maximum absolute atomic E-state index is 15.2. The molecule has 1 aliphatic heterocycles. The number of aromatic amines is 1. The minimum atomic E-state index is -1.48. The molecule has 0 unspecified atom stereocenters. The summed E-state index contributed by atoms with van der Waals surface area (Å²) in [7, 11) is 1.49. The van der Waals surface area contributed by atoms with Gasteiger partial charge >= 0.3 is 0 Å². The molecule has 7 nitrogen and oxygen atoms in total. The van der Waals surface area contributed by atoms with E-state index in [2.05, 4.69) is 25.3 Å². The highest BCUT2D eigenvalue weighted by Gasteiger charge is 2.38. The number of halogens is 2. The van der Waals surface area contributed by atoms with Crippen molar-refractivity contribution >= 4 is 11.0 Å². The van der Waals surface area contributed by atoms with Crippen LogP contribution in [0.15, 0.2) is 36.8 Å². The lowest BCUT2D eigenvalue weighted by Crippen LogP contribution is -2.39. The Kier molecular flexibility index (Phi) is 4.13. The summed E-state index contributed by atoms with van der Waals surface area (Å²) in [4.78, 5) is 8.51. The SMILES string of the molecule is COC[C@]1(F)CCc2c(-c3ccnc4[nH]ncc34)c(-c3ccc(F)cn3)nn2C1. The number of hydrogen-bond donors (Lipinski definition) is 1. The Morgan fingerprint density at radius 2 is 2.14 bits per heavy atom. The summed E-state index contributed by atoms with van der Waals surface area (Å²) in [6.07, 6.45) is 5.37. The summed E-state index contributed by atoms with van der Waals surface area (Å²) in [6.45, 7) is 0.0942. The van der Waals surface area contributed by atoms with Crippen LogP contribution in [0, 0.1) is 5.82 Å². The zero-order valence-electron chi connectivity index (χ0n) is 15.7. The van der Waals surface area contributed by atoms with Crippen molar-refractivity contribution in [2.45, 2.75) is 25.1 Å². The lowest BCUT2D eigenvalue weighted by molar-refractivity contribution is 0.0100. The molecule has 0 aliphatic carbocycles. The molecule has 148 valence electrons. The number of H-pyrrole nitrogens is 1. The average molecular weight is 396 g/mol. The van der Waals surface area contributed by atoms with E-state index in [4.69, 9.17) is 4.74 Å². The van der Waals surface area contributed by atoms with Gasteiger partial charge in [-0.25, -0.2) is 13.8 Å². The largest absolute Gasteiger partial charge is 0.381 e. The van der Waals surface area contributed by atoms with Crippen LogP contribution in [0.5, 0.6) is 0 Å². The smallest absolute Gasteiger partial charge is 0.155 e. The molecule has 4 aromatic rings. The van der Waals surface area contributed by atoms with E-state index in [1.807, 2.05) is 6.07 Å². The molecule has 9 heteroatoms. The van der Waals surface area contributed by atoms with E-state index in [-0.39, 0.29) is 13.2 Å². The van der Waals surface area contributed by atoms with E-state index in [0.717, 1.165) is 28.4 Å². The van der Waals surface area contributed by atoms with Crippen molar-refractivity contribution < 1.29 is 13.5 Å². The molecule has 1 N–H and O–H groups in total. The molecule has 1 aliphatic rings. The Hall–Kier alpha value is -3.20. The first-order chi connectivity index (χ1) is 14.1. The first-order valence-corrected chi connectivity index (χ1v) is 9.26. The Morgan fingerprint density at radius 3 is 2.93 bits per heavy atom. The third-order valence-corrected chi connectivity index (χ3v) is 5.30. The number of pyridine rings is 2. The molecule has 0 saturated heterocycles. The molecule has 29 heavy (non-hydrogen) atoms. The first kappa shape index (κ1) is 17.9. The number of nitrogens with zero attached hydrogens (tertiary/aromatic N) is 5. The fourth-order valence-corrected chi connectivity index (χ4v) is 4.00. The molecule has 0 saturated carbocycles. The molecule has 0 bridgehead atoms. The van der Waals surface area contributed by atoms with Gasteiger partial charge < -0.3 is 4.74 Å². The lowest BCUT2D eigenvalue weighted by atomic mass is 9.91. The normalized spacial score (nSPS) is 18.9. The van der Waals surface area contributed by atoms with Gasteiger partial charge in [-0.2, -0.15) is 10.2 Å². The van der Waals surface area contributed by atoms with Crippen LogP contribution in [-0.4, -0.2) is 49.3 Å². The van der Waals surface area contributed by atoms with Gasteiger partial charge in [-0.05, 0) is 36.6 Å². The van der Waals surface area contributed by atoms with Gasteiger partial charge in [0.15, 0.2) is 11.3 Å². The fraction of sp³-hybridized carbons (Fsp3) is 0.300. The van der Waals surface area contributed by atoms with Gasteiger partial charge in [-0.3, -0.25) is 14.8 Å². The summed E-state index contributed by atoms with van der Waals surface area (Å²) >= 11 is 0. The van der Waals surface area contributed by atoms with Gasteiger partial charge in [-0.15, -0.1) is 0 Å². The Labute approximate surface area is 164 Å². The van der Waals surface area contributed by atoms with E-state index in [9.17, 15) is 4.39 Å². The zero-order chi connectivity index (χ0) is 20.0. The van der Waals surface area contributed by atoms with Crippen molar-refractivity contribution in [3.8, 4) is 22.5 Å². The van der Waals surface area contributed by atoms with Crippen LogP contribution >= 0.6 is 0 Å². The highest BCUT2D eigenvalue weighted by Crippen LogP contribution is 2.41. The maximum Gasteiger partial charge on any atom is 0.155 e. The van der Waals surface area contributed by atoms with Gasteiger partial charge in [-0.1, -0.05) is 0 Å². The average Bonchev–Trinajstić information content (AvgIpc) is 3.32. The summed E-state index contributed by atoms with van der Waals surface area (Å²) in [5.74, 6) is -0.428. The zero-order valence-corrected chi connectivity index (χ0v) is 15.7. The minimum absolute atomic E-state index is 0.00694. The summed E-state index contributed by atoms with van der Waals surface area (Å²) < 4.78 is 35.4. The number of methoxy groups -OCH3 is 1. The molecular formula is C20H18F2N6O. The summed E-state index contributed by atoms with van der Waals surface area (Å²) in [5, 5.41) is 12.5. The van der Waals surface area contributed by atoms with Gasteiger partial charge in [0, 0.05) is 30.0 Å². The second-order valence-corrected chi connectivity index (χ2v) is 7.26. The van der Waals surface area contributed by atoms with Gasteiger partial charge in [0.25, 0.3) is 0 Å². The van der Waals surface area contributed by atoms with Crippen molar-refractivity contribution in [3.63, 3.8) is 0 Å². The summed E-state index contributed by atoms with van der Waals surface area (Å²) in [6, 6.07) is 4.81. The Balaban J connectivity index is 1.74. The molecular weight excluding hydrogens is 378 g/mol. The van der Waals surface area contributed by atoms with Gasteiger partial charge in [0.1, 0.15) is 11.5 Å². The molecule has 1 atom stereocenters. The second-order valence-electron chi connectivity index (χ2n) is 7.26. The van der Waals surface area contributed by atoms with Crippen LogP contribution in [0.2, 0.25) is 0 Å². The number of nitrogens with one attached hydrogen (secondary N) is 1. The van der Waals surface area contributed by atoms with Crippen molar-refractivity contribution in [3.05, 3.63) is 48.3 Å².